The van der Waals surface area contributed by atoms with E-state index in [9.17, 15) is 42.1 Å². The van der Waals surface area contributed by atoms with Crippen LogP contribution in [0.2, 0.25) is 0 Å². The number of carbonyl (C=O) groups is 1. The van der Waals surface area contributed by atoms with Crippen molar-refractivity contribution in [1.29, 1.82) is 0 Å². The molecule has 1 saturated heterocycles. The van der Waals surface area contributed by atoms with Gasteiger partial charge in [-0.2, -0.15) is 0 Å². The Labute approximate surface area is 308 Å². The lowest BCUT2D eigenvalue weighted by Crippen LogP contribution is -2.39. The first-order valence-electron chi connectivity index (χ1n) is 17.1. The lowest BCUT2D eigenvalue weighted by Gasteiger charge is -2.38. The third kappa shape index (κ3) is 8.78. The first kappa shape index (κ1) is 38.5. The fourth-order valence-electron chi connectivity index (χ4n) is 6.39. The summed E-state index contributed by atoms with van der Waals surface area (Å²) in [4.78, 5) is 14.5. The number of nitrogens with zero attached hydrogens (tertiary/aromatic N) is 1. The number of hydrogen-bond acceptors (Lipinski definition) is 7. The molecule has 0 unspecified atom stereocenters. The molecular weight excluding hydrogens is 711 g/mol. The summed E-state index contributed by atoms with van der Waals surface area (Å²) < 4.78 is 82.2. The van der Waals surface area contributed by atoms with Crippen LogP contribution >= 0.6 is 0 Å². The smallest absolute Gasteiger partial charge is 0.257 e. The predicted octanol–water partition coefficient (Wildman–Crippen LogP) is 7.39. The van der Waals surface area contributed by atoms with Gasteiger partial charge >= 0.3 is 0 Å². The molecule has 4 N–H and O–H groups in total. The first-order valence-corrected chi connectivity index (χ1v) is 17.1. The maximum absolute atomic E-state index is 14.2. The second-order valence-corrected chi connectivity index (χ2v) is 13.1. The summed E-state index contributed by atoms with van der Waals surface area (Å²) in [6.07, 6.45) is -1.86. The molecule has 5 aromatic rings. The monoisotopic (exact) mass is 748 g/mol. The molecule has 8 nitrogen and oxygen atoms in total. The van der Waals surface area contributed by atoms with Gasteiger partial charge in [-0.05, 0) is 64.7 Å². The van der Waals surface area contributed by atoms with Crippen LogP contribution in [-0.2, 0) is 22.6 Å². The van der Waals surface area contributed by atoms with Crippen LogP contribution in [0.15, 0.2) is 97.1 Å². The Bertz CT molecular complexity index is 2090. The molecule has 0 radical (unpaired) electrons. The van der Waals surface area contributed by atoms with Crippen molar-refractivity contribution in [2.45, 2.75) is 44.2 Å². The van der Waals surface area contributed by atoms with E-state index in [0.717, 1.165) is 16.7 Å². The van der Waals surface area contributed by atoms with Gasteiger partial charge in [0.2, 0.25) is 5.82 Å². The van der Waals surface area contributed by atoms with Crippen molar-refractivity contribution < 1.29 is 51.5 Å². The number of nitrogens with one attached hydrogen (secondary N) is 1. The number of halogens is 5. The molecule has 0 spiro atoms. The van der Waals surface area contributed by atoms with Gasteiger partial charge < -0.3 is 35.0 Å². The standard InChI is InChI=1S/C41H37F5N2O6/c1-48(21-32(51)28-8-4-10-30(50)17-28)20-31-18-33(25-13-11-23(22-49)12-14-25)54-41(53-31)29-9-3-7-27(16-29)26-6-2-5-24(15-26)19-47-40(52)34-35(42)37(44)39(46)38(45)36(34)43/h2-17,31-33,41,49-51H,18-22H2,1H3,(H,47,52)/t31-,32+,33+,41+/m0/s1. The van der Waals surface area contributed by atoms with Crippen molar-refractivity contribution in [3.8, 4) is 16.9 Å². The highest BCUT2D eigenvalue weighted by molar-refractivity contribution is 5.94. The zero-order chi connectivity index (χ0) is 38.5. The van der Waals surface area contributed by atoms with Gasteiger partial charge in [0.1, 0.15) is 11.3 Å². The SMILES string of the molecule is CN(C[C@@H]1C[C@H](c2ccc(CO)cc2)O[C@H](c2cccc(-c3cccc(CNC(=O)c4c(F)c(F)c(F)c(F)c4F)c3)c2)O1)C[C@@H](O)c1cccc(O)c1. The Balaban J connectivity index is 1.19. The molecule has 6 rings (SSSR count). The molecule has 1 amide bonds. The van der Waals surface area contributed by atoms with Gasteiger partial charge in [-0.25, -0.2) is 22.0 Å². The number of aromatic hydroxyl groups is 1. The highest BCUT2D eigenvalue weighted by atomic mass is 19.2. The summed E-state index contributed by atoms with van der Waals surface area (Å²) in [7, 11) is 1.87. The minimum atomic E-state index is -2.35. The zero-order valence-corrected chi connectivity index (χ0v) is 29.0. The minimum absolute atomic E-state index is 0.0615. The molecule has 54 heavy (non-hydrogen) atoms. The highest BCUT2D eigenvalue weighted by Crippen LogP contribution is 2.39. The van der Waals surface area contributed by atoms with Crippen LogP contribution < -0.4 is 5.32 Å². The van der Waals surface area contributed by atoms with Gasteiger partial charge in [-0.1, -0.05) is 72.8 Å². The molecule has 4 atom stereocenters. The van der Waals surface area contributed by atoms with E-state index in [-0.39, 0.29) is 37.7 Å². The minimum Gasteiger partial charge on any atom is -0.508 e. The van der Waals surface area contributed by atoms with E-state index < -0.39 is 53.0 Å². The normalized spacial score (nSPS) is 17.8. The first-order chi connectivity index (χ1) is 25.9. The van der Waals surface area contributed by atoms with E-state index in [4.69, 9.17) is 9.47 Å². The summed E-state index contributed by atoms with van der Waals surface area (Å²) in [5.41, 5.74) is 3.29. The molecule has 0 aromatic heterocycles. The van der Waals surface area contributed by atoms with Crippen molar-refractivity contribution in [2.24, 2.45) is 0 Å². The maximum atomic E-state index is 14.2. The highest BCUT2D eigenvalue weighted by Gasteiger charge is 2.33. The molecule has 1 aliphatic rings. The topological polar surface area (TPSA) is 111 Å². The van der Waals surface area contributed by atoms with Crippen LogP contribution in [-0.4, -0.2) is 52.4 Å². The quantitative estimate of drug-likeness (QED) is 0.0599. The van der Waals surface area contributed by atoms with Gasteiger partial charge in [0.05, 0.1) is 24.9 Å². The number of likely N-dealkylation sites (N-methyl/N-ethyl adjacent to an activating group) is 1. The van der Waals surface area contributed by atoms with Gasteiger partial charge in [-0.3, -0.25) is 4.79 Å². The number of aliphatic hydroxyl groups is 2. The van der Waals surface area contributed by atoms with E-state index in [1.54, 1.807) is 36.4 Å². The Kier molecular flexibility index (Phi) is 12.0. The third-order valence-electron chi connectivity index (χ3n) is 9.18. The van der Waals surface area contributed by atoms with Crippen molar-refractivity contribution in [1.82, 2.24) is 10.2 Å². The number of rotatable bonds is 12. The number of carbonyl (C=O) groups excluding carboxylic acids is 1. The van der Waals surface area contributed by atoms with E-state index in [2.05, 4.69) is 5.32 Å². The van der Waals surface area contributed by atoms with Crippen molar-refractivity contribution in [3.05, 3.63) is 160 Å². The average molecular weight is 749 g/mol. The summed E-state index contributed by atoms with van der Waals surface area (Å²) in [6.45, 7) is 0.350. The summed E-state index contributed by atoms with van der Waals surface area (Å²) in [5, 5.41) is 32.5. The van der Waals surface area contributed by atoms with Gasteiger partial charge in [0, 0.05) is 31.6 Å². The molecule has 0 bridgehead atoms. The Morgan fingerprint density at radius 1 is 0.796 bits per heavy atom. The van der Waals surface area contributed by atoms with Crippen molar-refractivity contribution in [2.75, 3.05) is 20.1 Å². The second kappa shape index (κ2) is 16.9. The number of hydrogen-bond donors (Lipinski definition) is 4. The third-order valence-corrected chi connectivity index (χ3v) is 9.18. The molecule has 282 valence electrons. The molecule has 1 fully saturated rings. The molecule has 0 saturated carbocycles. The molecule has 0 aliphatic carbocycles. The van der Waals surface area contributed by atoms with Crippen LogP contribution in [0.5, 0.6) is 5.75 Å². The zero-order valence-electron chi connectivity index (χ0n) is 29.0. The lowest BCUT2D eigenvalue weighted by molar-refractivity contribution is -0.252. The largest absolute Gasteiger partial charge is 0.508 e. The molecule has 13 heteroatoms. The van der Waals surface area contributed by atoms with E-state index in [0.29, 0.717) is 35.2 Å². The number of phenolic OH excluding ortho intramolecular Hbond substituents is 1. The number of benzene rings is 5. The van der Waals surface area contributed by atoms with Crippen LogP contribution in [0.3, 0.4) is 0 Å². The number of phenols is 1. The van der Waals surface area contributed by atoms with E-state index in [1.807, 2.05) is 60.5 Å². The van der Waals surface area contributed by atoms with E-state index in [1.165, 1.54) is 12.1 Å². The number of ether oxygens (including phenoxy) is 2. The van der Waals surface area contributed by atoms with Crippen LogP contribution in [0.4, 0.5) is 22.0 Å². The number of aliphatic hydroxyl groups excluding tert-OH is 2. The van der Waals surface area contributed by atoms with Crippen molar-refractivity contribution >= 4 is 5.91 Å². The molecule has 5 aromatic carbocycles. The Hall–Kier alpha value is -5.18. The maximum Gasteiger partial charge on any atom is 0.257 e. The average Bonchev–Trinajstić information content (AvgIpc) is 3.18. The van der Waals surface area contributed by atoms with Gasteiger partial charge in [0.25, 0.3) is 5.91 Å². The summed E-state index contributed by atoms with van der Waals surface area (Å²) in [6, 6.07) is 28.2. The Morgan fingerprint density at radius 2 is 1.44 bits per heavy atom. The molecule has 1 aliphatic heterocycles. The van der Waals surface area contributed by atoms with Crippen LogP contribution in [0.1, 0.15) is 63.1 Å². The lowest BCUT2D eigenvalue weighted by atomic mass is 9.98. The van der Waals surface area contributed by atoms with Gasteiger partial charge in [-0.15, -0.1) is 0 Å². The van der Waals surface area contributed by atoms with Crippen molar-refractivity contribution in [3.63, 3.8) is 0 Å². The predicted molar refractivity (Wildman–Crippen MR) is 188 cm³/mol. The summed E-state index contributed by atoms with van der Waals surface area (Å²) >= 11 is 0. The molecule has 1 heterocycles. The van der Waals surface area contributed by atoms with Gasteiger partial charge in [0.15, 0.2) is 29.6 Å². The summed E-state index contributed by atoms with van der Waals surface area (Å²) in [5.74, 6) is -12.6. The second-order valence-electron chi connectivity index (χ2n) is 13.1. The van der Waals surface area contributed by atoms with Crippen LogP contribution in [0.25, 0.3) is 11.1 Å². The fraction of sp³-hybridized carbons (Fsp3) is 0.244. The molecular formula is C41H37F5N2O6. The van der Waals surface area contributed by atoms with E-state index >= 15 is 0 Å². The number of amides is 1. The van der Waals surface area contributed by atoms with Crippen LogP contribution in [0, 0.1) is 29.1 Å². The fourth-order valence-corrected chi connectivity index (χ4v) is 6.39. The Morgan fingerprint density at radius 3 is 2.13 bits per heavy atom.